The van der Waals surface area contributed by atoms with E-state index in [0.717, 1.165) is 19.3 Å². The summed E-state index contributed by atoms with van der Waals surface area (Å²) in [5.41, 5.74) is 0.271. The van der Waals surface area contributed by atoms with E-state index in [1.807, 2.05) is 6.92 Å². The van der Waals surface area contributed by atoms with Gasteiger partial charge in [-0.15, -0.1) is 0 Å². The summed E-state index contributed by atoms with van der Waals surface area (Å²) in [4.78, 5) is 0. The van der Waals surface area contributed by atoms with Gasteiger partial charge in [0.05, 0.1) is 5.75 Å². The zero-order valence-electron chi connectivity index (χ0n) is 9.58. The molecular weight excluding hydrogens is 200 g/mol. The number of hydrogen-bond donors (Lipinski definition) is 1. The normalized spacial score (nSPS) is 15.5. The van der Waals surface area contributed by atoms with Gasteiger partial charge in [0.1, 0.15) is 0 Å². The molecule has 14 heavy (non-hydrogen) atoms. The van der Waals surface area contributed by atoms with Crippen molar-refractivity contribution in [1.82, 2.24) is 0 Å². The van der Waals surface area contributed by atoms with Gasteiger partial charge in [-0.25, -0.2) is 0 Å². The van der Waals surface area contributed by atoms with Crippen molar-refractivity contribution < 1.29 is 13.0 Å². The molecule has 1 N–H and O–H groups in total. The Hall–Kier alpha value is -0.0900. The minimum atomic E-state index is -3.80. The van der Waals surface area contributed by atoms with Crippen LogP contribution in [0.4, 0.5) is 0 Å². The van der Waals surface area contributed by atoms with Gasteiger partial charge in [0.2, 0.25) is 0 Å². The molecule has 0 spiro atoms. The standard InChI is InChI=1S/C10H22O3S/c1-5-10(3,4)7-6-9(2)8-14(11,12)13/h9H,5-8H2,1-4H3,(H,11,12,13). The maximum atomic E-state index is 10.6. The first kappa shape index (κ1) is 13.9. The molecule has 86 valence electrons. The Morgan fingerprint density at radius 3 is 2.21 bits per heavy atom. The second-order valence-corrected chi connectivity index (χ2v) is 6.41. The molecule has 3 nitrogen and oxygen atoms in total. The van der Waals surface area contributed by atoms with Gasteiger partial charge in [0, 0.05) is 0 Å². The van der Waals surface area contributed by atoms with Gasteiger partial charge in [-0.3, -0.25) is 4.55 Å². The molecule has 0 aliphatic carbocycles. The van der Waals surface area contributed by atoms with Crippen LogP contribution in [0.3, 0.4) is 0 Å². The Morgan fingerprint density at radius 1 is 1.36 bits per heavy atom. The molecule has 0 fully saturated rings. The summed E-state index contributed by atoms with van der Waals surface area (Å²) < 4.78 is 29.8. The van der Waals surface area contributed by atoms with Crippen LogP contribution in [-0.4, -0.2) is 18.7 Å². The molecule has 0 aromatic carbocycles. The highest BCUT2D eigenvalue weighted by Crippen LogP contribution is 2.28. The second-order valence-electron chi connectivity index (χ2n) is 4.91. The van der Waals surface area contributed by atoms with Crippen molar-refractivity contribution in [3.05, 3.63) is 0 Å². The van der Waals surface area contributed by atoms with Crippen LogP contribution in [0.1, 0.15) is 47.0 Å². The topological polar surface area (TPSA) is 54.4 Å². The van der Waals surface area contributed by atoms with Crippen LogP contribution in [0.15, 0.2) is 0 Å². The van der Waals surface area contributed by atoms with Crippen molar-refractivity contribution in [2.75, 3.05) is 5.75 Å². The first-order valence-electron chi connectivity index (χ1n) is 5.11. The Balaban J connectivity index is 3.92. The molecule has 0 amide bonds. The summed E-state index contributed by atoms with van der Waals surface area (Å²) in [6.45, 7) is 8.34. The summed E-state index contributed by atoms with van der Waals surface area (Å²) >= 11 is 0. The van der Waals surface area contributed by atoms with Crippen molar-refractivity contribution in [3.63, 3.8) is 0 Å². The average molecular weight is 222 g/mol. The van der Waals surface area contributed by atoms with E-state index in [1.54, 1.807) is 0 Å². The van der Waals surface area contributed by atoms with Crippen LogP contribution in [0, 0.1) is 11.3 Å². The van der Waals surface area contributed by atoms with Crippen LogP contribution < -0.4 is 0 Å². The molecule has 0 aliphatic rings. The Labute approximate surface area is 87.7 Å². The molecular formula is C10H22O3S. The largest absolute Gasteiger partial charge is 0.286 e. The lowest BCUT2D eigenvalue weighted by Crippen LogP contribution is -2.16. The molecule has 4 heteroatoms. The summed E-state index contributed by atoms with van der Waals surface area (Å²) in [7, 11) is -3.80. The van der Waals surface area contributed by atoms with E-state index in [0.29, 0.717) is 0 Å². The lowest BCUT2D eigenvalue weighted by Gasteiger charge is -2.23. The van der Waals surface area contributed by atoms with Crippen molar-refractivity contribution in [1.29, 1.82) is 0 Å². The molecule has 0 aromatic rings. The summed E-state index contributed by atoms with van der Waals surface area (Å²) in [6, 6.07) is 0. The van der Waals surface area contributed by atoms with Gasteiger partial charge in [-0.2, -0.15) is 8.42 Å². The number of hydrogen-bond acceptors (Lipinski definition) is 2. The van der Waals surface area contributed by atoms with Gasteiger partial charge < -0.3 is 0 Å². The molecule has 0 rings (SSSR count). The minimum Gasteiger partial charge on any atom is -0.286 e. The van der Waals surface area contributed by atoms with Gasteiger partial charge in [-0.05, 0) is 24.2 Å². The fourth-order valence-electron chi connectivity index (χ4n) is 1.26. The molecule has 0 saturated carbocycles. The second kappa shape index (κ2) is 5.12. The SMILES string of the molecule is CCC(C)(C)CCC(C)CS(=O)(=O)O. The minimum absolute atomic E-state index is 0.0378. The van der Waals surface area contributed by atoms with E-state index in [9.17, 15) is 8.42 Å². The van der Waals surface area contributed by atoms with Crippen molar-refractivity contribution in [3.8, 4) is 0 Å². The fraction of sp³-hybridized carbons (Fsp3) is 1.00. The highest BCUT2D eigenvalue weighted by Gasteiger charge is 2.18. The Kier molecular flexibility index (Phi) is 5.09. The third-order valence-corrected chi connectivity index (χ3v) is 3.76. The molecule has 0 bridgehead atoms. The average Bonchev–Trinajstić information content (AvgIpc) is 1.98. The predicted octanol–water partition coefficient (Wildman–Crippen LogP) is 2.73. The quantitative estimate of drug-likeness (QED) is 0.703. The maximum Gasteiger partial charge on any atom is 0.265 e. The Bertz CT molecular complexity index is 255. The molecule has 0 saturated heterocycles. The molecule has 0 aromatic heterocycles. The van der Waals surface area contributed by atoms with Crippen molar-refractivity contribution in [2.24, 2.45) is 11.3 Å². The first-order chi connectivity index (χ1) is 6.16. The third-order valence-electron chi connectivity index (χ3n) is 2.77. The smallest absolute Gasteiger partial charge is 0.265 e. The molecule has 0 aliphatic heterocycles. The molecule has 0 heterocycles. The Morgan fingerprint density at radius 2 is 1.86 bits per heavy atom. The lowest BCUT2D eigenvalue weighted by atomic mass is 9.83. The summed E-state index contributed by atoms with van der Waals surface area (Å²) in [5.74, 6) is -0.0805. The highest BCUT2D eigenvalue weighted by molar-refractivity contribution is 7.85. The van der Waals surface area contributed by atoms with Crippen LogP contribution in [0.5, 0.6) is 0 Å². The first-order valence-corrected chi connectivity index (χ1v) is 6.72. The number of rotatable bonds is 6. The van der Waals surface area contributed by atoms with E-state index in [4.69, 9.17) is 4.55 Å². The lowest BCUT2D eigenvalue weighted by molar-refractivity contribution is 0.292. The van der Waals surface area contributed by atoms with Crippen LogP contribution >= 0.6 is 0 Å². The van der Waals surface area contributed by atoms with Gasteiger partial charge >= 0.3 is 0 Å². The van der Waals surface area contributed by atoms with Crippen LogP contribution in [0.25, 0.3) is 0 Å². The van der Waals surface area contributed by atoms with Gasteiger partial charge in [0.25, 0.3) is 10.1 Å². The molecule has 1 unspecified atom stereocenters. The summed E-state index contributed by atoms with van der Waals surface area (Å²) in [6.07, 6.45) is 2.94. The van der Waals surface area contributed by atoms with Gasteiger partial charge in [-0.1, -0.05) is 34.1 Å². The summed E-state index contributed by atoms with van der Waals surface area (Å²) in [5, 5.41) is 0. The van der Waals surface area contributed by atoms with E-state index >= 15 is 0 Å². The van der Waals surface area contributed by atoms with Crippen LogP contribution in [0.2, 0.25) is 0 Å². The molecule has 1 atom stereocenters. The van der Waals surface area contributed by atoms with Crippen LogP contribution in [-0.2, 0) is 10.1 Å². The van der Waals surface area contributed by atoms with E-state index < -0.39 is 10.1 Å². The molecule has 0 radical (unpaired) electrons. The monoisotopic (exact) mass is 222 g/mol. The zero-order valence-corrected chi connectivity index (χ0v) is 10.4. The van der Waals surface area contributed by atoms with E-state index in [1.165, 1.54) is 0 Å². The van der Waals surface area contributed by atoms with E-state index in [-0.39, 0.29) is 17.1 Å². The predicted molar refractivity (Wildman–Crippen MR) is 58.9 cm³/mol. The van der Waals surface area contributed by atoms with Gasteiger partial charge in [0.15, 0.2) is 0 Å². The van der Waals surface area contributed by atoms with Crippen molar-refractivity contribution in [2.45, 2.75) is 47.0 Å². The highest BCUT2D eigenvalue weighted by atomic mass is 32.2. The maximum absolute atomic E-state index is 10.6. The fourth-order valence-corrected chi connectivity index (χ4v) is 2.14. The zero-order chi connectivity index (χ0) is 11.4. The van der Waals surface area contributed by atoms with Crippen molar-refractivity contribution >= 4 is 10.1 Å². The van der Waals surface area contributed by atoms with E-state index in [2.05, 4.69) is 20.8 Å². The third kappa shape index (κ3) is 7.33.